The number of halogens is 1. The van der Waals surface area contributed by atoms with Crippen molar-refractivity contribution in [3.63, 3.8) is 0 Å². The van der Waals surface area contributed by atoms with Gasteiger partial charge >= 0.3 is 5.97 Å². The van der Waals surface area contributed by atoms with Crippen molar-refractivity contribution in [1.29, 1.82) is 0 Å². The number of hydrogen-bond donors (Lipinski definition) is 0. The molecule has 0 saturated heterocycles. The van der Waals surface area contributed by atoms with Crippen molar-refractivity contribution in [2.24, 2.45) is 0 Å². The van der Waals surface area contributed by atoms with Gasteiger partial charge in [-0.2, -0.15) is 4.31 Å². The van der Waals surface area contributed by atoms with Gasteiger partial charge in [0, 0.05) is 18.4 Å². The molecule has 0 aromatic heterocycles. The highest BCUT2D eigenvalue weighted by atomic mass is 79.9. The molecule has 1 atom stereocenters. The molecular formula is C23H22BrNO4S. The fraction of sp³-hybridized carbons (Fsp3) is 0.174. The Bertz CT molecular complexity index is 1120. The molecule has 0 spiro atoms. The predicted molar refractivity (Wildman–Crippen MR) is 119 cm³/mol. The number of hydrogen-bond acceptors (Lipinski definition) is 4. The van der Waals surface area contributed by atoms with Gasteiger partial charge in [0.1, 0.15) is 6.61 Å². The Hall–Kier alpha value is -2.48. The molecule has 0 bridgehead atoms. The quantitative estimate of drug-likeness (QED) is 0.443. The molecule has 156 valence electrons. The highest BCUT2D eigenvalue weighted by Gasteiger charge is 2.31. The van der Waals surface area contributed by atoms with Crippen molar-refractivity contribution in [2.45, 2.75) is 24.5 Å². The van der Waals surface area contributed by atoms with Gasteiger partial charge in [0.2, 0.25) is 10.0 Å². The normalized spacial score (nSPS) is 12.5. The number of rotatable bonds is 7. The summed E-state index contributed by atoms with van der Waals surface area (Å²) in [7, 11) is -2.21. The topological polar surface area (TPSA) is 63.7 Å². The summed E-state index contributed by atoms with van der Waals surface area (Å²) in [4.78, 5) is 11.1. The fourth-order valence-corrected chi connectivity index (χ4v) is 4.99. The zero-order chi connectivity index (χ0) is 21.7. The van der Waals surface area contributed by atoms with Crippen LogP contribution in [0.3, 0.4) is 0 Å². The second-order valence-electron chi connectivity index (χ2n) is 6.78. The molecule has 0 aliphatic carbocycles. The lowest BCUT2D eigenvalue weighted by Gasteiger charge is -2.29. The molecule has 7 heteroatoms. The lowest BCUT2D eigenvalue weighted by molar-refractivity contribution is -0.142. The van der Waals surface area contributed by atoms with E-state index in [1.165, 1.54) is 23.4 Å². The Kier molecular flexibility index (Phi) is 7.07. The largest absolute Gasteiger partial charge is 0.461 e. The summed E-state index contributed by atoms with van der Waals surface area (Å²) in [6.45, 7) is 1.44. The fourth-order valence-electron chi connectivity index (χ4n) is 3.17. The summed E-state index contributed by atoms with van der Waals surface area (Å²) in [5.74, 6) is -0.384. The number of ether oxygens (including phenoxy) is 1. The molecule has 0 heterocycles. The van der Waals surface area contributed by atoms with Crippen molar-refractivity contribution < 1.29 is 17.9 Å². The van der Waals surface area contributed by atoms with Crippen LogP contribution in [0.1, 0.15) is 29.7 Å². The van der Waals surface area contributed by atoms with E-state index >= 15 is 0 Å². The van der Waals surface area contributed by atoms with Crippen molar-refractivity contribution >= 4 is 31.9 Å². The van der Waals surface area contributed by atoms with E-state index in [2.05, 4.69) is 15.9 Å². The zero-order valence-electron chi connectivity index (χ0n) is 16.7. The molecule has 5 nitrogen and oxygen atoms in total. The molecular weight excluding hydrogens is 466 g/mol. The van der Waals surface area contributed by atoms with Gasteiger partial charge < -0.3 is 4.74 Å². The van der Waals surface area contributed by atoms with Gasteiger partial charge in [-0.1, -0.05) is 76.6 Å². The Labute approximate surface area is 185 Å². The monoisotopic (exact) mass is 487 g/mol. The van der Waals surface area contributed by atoms with E-state index in [1.54, 1.807) is 19.2 Å². The van der Waals surface area contributed by atoms with Gasteiger partial charge in [0.05, 0.1) is 10.9 Å². The molecule has 0 radical (unpaired) electrons. The maximum Gasteiger partial charge on any atom is 0.302 e. The molecule has 0 amide bonds. The number of sulfonamides is 1. The smallest absolute Gasteiger partial charge is 0.302 e. The molecule has 3 aromatic rings. The summed E-state index contributed by atoms with van der Waals surface area (Å²) in [6.07, 6.45) is 0. The predicted octanol–water partition coefficient (Wildman–Crippen LogP) is 4.92. The third-order valence-corrected chi connectivity index (χ3v) is 7.28. The first kappa shape index (κ1) is 22.2. The summed E-state index contributed by atoms with van der Waals surface area (Å²) < 4.78 is 34.0. The van der Waals surface area contributed by atoms with Crippen LogP contribution in [-0.4, -0.2) is 25.7 Å². The van der Waals surface area contributed by atoms with Crippen LogP contribution >= 0.6 is 15.9 Å². The van der Waals surface area contributed by atoms with E-state index in [1.807, 2.05) is 54.6 Å². The van der Waals surface area contributed by atoms with Gasteiger partial charge in [-0.05, 0) is 34.9 Å². The van der Waals surface area contributed by atoms with Crippen LogP contribution in [0.25, 0.3) is 0 Å². The minimum absolute atomic E-state index is 0.106. The van der Waals surface area contributed by atoms with Crippen molar-refractivity contribution in [1.82, 2.24) is 4.31 Å². The van der Waals surface area contributed by atoms with Gasteiger partial charge in [-0.3, -0.25) is 4.79 Å². The number of benzene rings is 3. The van der Waals surface area contributed by atoms with Crippen LogP contribution in [0.4, 0.5) is 0 Å². The van der Waals surface area contributed by atoms with Gasteiger partial charge in [-0.25, -0.2) is 8.42 Å². The second kappa shape index (κ2) is 9.55. The highest BCUT2D eigenvalue weighted by Crippen LogP contribution is 2.35. The third-order valence-electron chi connectivity index (χ3n) is 4.72. The van der Waals surface area contributed by atoms with Crippen LogP contribution in [0, 0.1) is 0 Å². The Balaban J connectivity index is 1.98. The molecule has 0 aliphatic rings. The van der Waals surface area contributed by atoms with Crippen LogP contribution < -0.4 is 0 Å². The molecule has 0 fully saturated rings. The number of carbonyl (C=O) groups excluding carboxylic acids is 1. The molecule has 3 aromatic carbocycles. The van der Waals surface area contributed by atoms with Gasteiger partial charge in [-0.15, -0.1) is 0 Å². The van der Waals surface area contributed by atoms with Crippen LogP contribution in [0.2, 0.25) is 0 Å². The van der Waals surface area contributed by atoms with Gasteiger partial charge in [0.15, 0.2) is 0 Å². The van der Waals surface area contributed by atoms with E-state index in [0.717, 1.165) is 21.2 Å². The SMILES string of the molecule is CC(=O)OCc1ccc(S(=O)(=O)N(C)C(c2ccccc2)c2ccccc2Br)cc1. The number of carbonyl (C=O) groups is 1. The second-order valence-corrected chi connectivity index (χ2v) is 9.63. The number of esters is 1. The van der Waals surface area contributed by atoms with E-state index in [0.29, 0.717) is 0 Å². The van der Waals surface area contributed by atoms with Crippen molar-refractivity contribution in [3.8, 4) is 0 Å². The van der Waals surface area contributed by atoms with Crippen molar-refractivity contribution in [3.05, 3.63) is 100 Å². The molecule has 1 unspecified atom stereocenters. The lowest BCUT2D eigenvalue weighted by atomic mass is 9.99. The van der Waals surface area contributed by atoms with Crippen molar-refractivity contribution in [2.75, 3.05) is 7.05 Å². The maximum absolute atomic E-state index is 13.4. The summed E-state index contributed by atoms with van der Waals surface area (Å²) in [6, 6.07) is 23.0. The minimum atomic E-state index is -3.79. The Morgan fingerprint density at radius 1 is 0.967 bits per heavy atom. The molecule has 0 saturated carbocycles. The highest BCUT2D eigenvalue weighted by molar-refractivity contribution is 9.10. The Morgan fingerprint density at radius 2 is 1.57 bits per heavy atom. The average molecular weight is 488 g/mol. The minimum Gasteiger partial charge on any atom is -0.461 e. The van der Waals surface area contributed by atoms with Crippen LogP contribution in [-0.2, 0) is 26.2 Å². The van der Waals surface area contributed by atoms with Crippen LogP contribution in [0.15, 0.2) is 88.2 Å². The van der Waals surface area contributed by atoms with E-state index in [-0.39, 0.29) is 17.5 Å². The molecule has 0 aliphatic heterocycles. The summed E-state index contributed by atoms with van der Waals surface area (Å²) in [5, 5.41) is 0. The standard InChI is InChI=1S/C23H22BrNO4S/c1-17(26)29-16-18-12-14-20(15-13-18)30(27,28)25(2)23(19-8-4-3-5-9-19)21-10-6-7-11-22(21)24/h3-15,23H,16H2,1-2H3. The van der Waals surface area contributed by atoms with Crippen LogP contribution in [0.5, 0.6) is 0 Å². The van der Waals surface area contributed by atoms with Gasteiger partial charge in [0.25, 0.3) is 0 Å². The Morgan fingerprint density at radius 3 is 2.17 bits per heavy atom. The first-order valence-electron chi connectivity index (χ1n) is 9.30. The number of nitrogens with zero attached hydrogens (tertiary/aromatic N) is 1. The molecule has 0 N–H and O–H groups in total. The summed E-state index contributed by atoms with van der Waals surface area (Å²) in [5.41, 5.74) is 2.43. The first-order chi connectivity index (χ1) is 14.3. The van der Waals surface area contributed by atoms with E-state index in [4.69, 9.17) is 4.74 Å². The molecule has 30 heavy (non-hydrogen) atoms. The van der Waals surface area contributed by atoms with E-state index < -0.39 is 16.1 Å². The van der Waals surface area contributed by atoms with E-state index in [9.17, 15) is 13.2 Å². The third kappa shape index (κ3) is 4.98. The maximum atomic E-state index is 13.4. The zero-order valence-corrected chi connectivity index (χ0v) is 19.1. The summed E-state index contributed by atoms with van der Waals surface area (Å²) >= 11 is 3.56. The first-order valence-corrected chi connectivity index (χ1v) is 11.5. The average Bonchev–Trinajstić information content (AvgIpc) is 2.75. The molecule has 3 rings (SSSR count). The lowest BCUT2D eigenvalue weighted by Crippen LogP contribution is -2.32.